The van der Waals surface area contributed by atoms with Gasteiger partial charge in [0.1, 0.15) is 5.69 Å². The van der Waals surface area contributed by atoms with Gasteiger partial charge in [0.05, 0.1) is 12.3 Å². The van der Waals surface area contributed by atoms with Gasteiger partial charge in [0.25, 0.3) is 0 Å². The number of pyridine rings is 1. The third kappa shape index (κ3) is 4.13. The Labute approximate surface area is 139 Å². The first-order chi connectivity index (χ1) is 11.1. The van der Waals surface area contributed by atoms with Crippen molar-refractivity contribution >= 4 is 23.3 Å². The van der Waals surface area contributed by atoms with E-state index in [0.717, 1.165) is 24.0 Å². The second-order valence-corrected chi connectivity index (χ2v) is 5.52. The SMILES string of the molecule is CCCCOC(=O)c1nc(-c2ccc(C)c(Cl)c2)ccc1N=O. The number of benzene rings is 1. The Hall–Kier alpha value is -2.27. The molecule has 0 radical (unpaired) electrons. The fourth-order valence-corrected chi connectivity index (χ4v) is 2.15. The Kier molecular flexibility index (Phi) is 5.82. The van der Waals surface area contributed by atoms with Gasteiger partial charge >= 0.3 is 5.97 Å². The molecule has 0 atom stereocenters. The van der Waals surface area contributed by atoms with Crippen LogP contribution >= 0.6 is 11.6 Å². The molecule has 0 N–H and O–H groups in total. The minimum absolute atomic E-state index is 0.0338. The maximum atomic E-state index is 12.1. The minimum atomic E-state index is -0.645. The monoisotopic (exact) mass is 332 g/mol. The van der Waals surface area contributed by atoms with E-state index in [9.17, 15) is 9.70 Å². The van der Waals surface area contributed by atoms with Gasteiger partial charge in [-0.05, 0) is 42.3 Å². The van der Waals surface area contributed by atoms with Gasteiger partial charge in [-0.1, -0.05) is 37.1 Å². The van der Waals surface area contributed by atoms with Crippen LogP contribution in [0, 0.1) is 11.8 Å². The molecule has 120 valence electrons. The van der Waals surface area contributed by atoms with Gasteiger partial charge in [0.2, 0.25) is 0 Å². The van der Waals surface area contributed by atoms with Gasteiger partial charge in [0.15, 0.2) is 5.69 Å². The van der Waals surface area contributed by atoms with Crippen LogP contribution in [0.3, 0.4) is 0 Å². The highest BCUT2D eigenvalue weighted by Crippen LogP contribution is 2.27. The molecule has 5 nitrogen and oxygen atoms in total. The Bertz CT molecular complexity index is 732. The summed E-state index contributed by atoms with van der Waals surface area (Å²) in [6.45, 7) is 4.18. The molecule has 6 heteroatoms. The topological polar surface area (TPSA) is 68.6 Å². The molecule has 1 aromatic heterocycles. The van der Waals surface area contributed by atoms with Crippen molar-refractivity contribution in [1.29, 1.82) is 0 Å². The molecule has 0 saturated heterocycles. The van der Waals surface area contributed by atoms with E-state index in [0.29, 0.717) is 10.7 Å². The predicted molar refractivity (Wildman–Crippen MR) is 90.1 cm³/mol. The highest BCUT2D eigenvalue weighted by atomic mass is 35.5. The quantitative estimate of drug-likeness (QED) is 0.421. The summed E-state index contributed by atoms with van der Waals surface area (Å²) in [6, 6.07) is 8.56. The predicted octanol–water partition coefficient (Wildman–Crippen LogP) is 5.07. The summed E-state index contributed by atoms with van der Waals surface area (Å²) < 4.78 is 5.12. The highest BCUT2D eigenvalue weighted by molar-refractivity contribution is 6.31. The van der Waals surface area contributed by atoms with Gasteiger partial charge in [-0.15, -0.1) is 4.91 Å². The second kappa shape index (κ2) is 7.83. The van der Waals surface area contributed by atoms with Crippen molar-refractivity contribution in [3.05, 3.63) is 51.5 Å². The van der Waals surface area contributed by atoms with Crippen LogP contribution in [0.4, 0.5) is 5.69 Å². The molecule has 0 amide bonds. The summed E-state index contributed by atoms with van der Waals surface area (Å²) in [5.74, 6) is -0.645. The molecule has 1 aromatic carbocycles. The van der Waals surface area contributed by atoms with Crippen LogP contribution in [0.2, 0.25) is 5.02 Å². The summed E-state index contributed by atoms with van der Waals surface area (Å²) in [6.07, 6.45) is 1.66. The number of halogens is 1. The van der Waals surface area contributed by atoms with Crippen LogP contribution in [0.5, 0.6) is 0 Å². The molecule has 23 heavy (non-hydrogen) atoms. The van der Waals surface area contributed by atoms with Gasteiger partial charge in [-0.2, -0.15) is 0 Å². The summed E-state index contributed by atoms with van der Waals surface area (Å²) in [5.41, 5.74) is 2.11. The number of nitroso groups, excluding NO2 is 1. The molecule has 0 spiro atoms. The van der Waals surface area contributed by atoms with E-state index >= 15 is 0 Å². The summed E-state index contributed by atoms with van der Waals surface area (Å²) >= 11 is 6.12. The minimum Gasteiger partial charge on any atom is -0.461 e. The van der Waals surface area contributed by atoms with Crippen molar-refractivity contribution < 1.29 is 9.53 Å². The first-order valence-corrected chi connectivity index (χ1v) is 7.72. The highest BCUT2D eigenvalue weighted by Gasteiger charge is 2.17. The molecule has 0 fully saturated rings. The fraction of sp³-hybridized carbons (Fsp3) is 0.294. The maximum absolute atomic E-state index is 12.1. The normalized spacial score (nSPS) is 10.4. The van der Waals surface area contributed by atoms with E-state index < -0.39 is 5.97 Å². The van der Waals surface area contributed by atoms with E-state index in [1.807, 2.05) is 26.0 Å². The van der Waals surface area contributed by atoms with Gasteiger partial charge in [-0.25, -0.2) is 9.78 Å². The number of esters is 1. The maximum Gasteiger partial charge on any atom is 0.359 e. The lowest BCUT2D eigenvalue weighted by atomic mass is 10.1. The van der Waals surface area contributed by atoms with Crippen molar-refractivity contribution in [2.45, 2.75) is 26.7 Å². The molecule has 0 bridgehead atoms. The third-order valence-corrected chi connectivity index (χ3v) is 3.77. The van der Waals surface area contributed by atoms with E-state index in [-0.39, 0.29) is 18.0 Å². The first-order valence-electron chi connectivity index (χ1n) is 7.35. The Morgan fingerprint density at radius 2 is 2.09 bits per heavy atom. The summed E-state index contributed by atoms with van der Waals surface area (Å²) in [5, 5.41) is 3.45. The number of aryl methyl sites for hydroxylation is 1. The van der Waals surface area contributed by atoms with Gasteiger partial charge < -0.3 is 4.74 Å². The van der Waals surface area contributed by atoms with E-state index in [4.69, 9.17) is 16.3 Å². The third-order valence-electron chi connectivity index (χ3n) is 3.36. The van der Waals surface area contributed by atoms with E-state index in [1.54, 1.807) is 12.1 Å². The largest absolute Gasteiger partial charge is 0.461 e. The van der Waals surface area contributed by atoms with Crippen molar-refractivity contribution in [2.75, 3.05) is 6.61 Å². The van der Waals surface area contributed by atoms with Crippen LogP contribution in [0.1, 0.15) is 35.8 Å². The number of rotatable bonds is 6. The lowest BCUT2D eigenvalue weighted by Crippen LogP contribution is -2.09. The number of hydrogen-bond donors (Lipinski definition) is 0. The lowest BCUT2D eigenvalue weighted by Gasteiger charge is -2.08. The average Bonchev–Trinajstić information content (AvgIpc) is 2.57. The zero-order chi connectivity index (χ0) is 16.8. The molecule has 0 unspecified atom stereocenters. The number of ether oxygens (including phenoxy) is 1. The molecular formula is C17H17ClN2O3. The van der Waals surface area contributed by atoms with Gasteiger partial charge in [-0.3, -0.25) is 0 Å². The van der Waals surface area contributed by atoms with Crippen LogP contribution in [-0.2, 0) is 4.74 Å². The zero-order valence-electron chi connectivity index (χ0n) is 13.0. The number of aromatic nitrogens is 1. The number of hydrogen-bond acceptors (Lipinski definition) is 5. The average molecular weight is 333 g/mol. The lowest BCUT2D eigenvalue weighted by molar-refractivity contribution is 0.0494. The Morgan fingerprint density at radius 1 is 1.30 bits per heavy atom. The number of unbranched alkanes of at least 4 members (excludes halogenated alkanes) is 1. The molecule has 1 heterocycles. The van der Waals surface area contributed by atoms with Crippen molar-refractivity contribution in [1.82, 2.24) is 4.98 Å². The number of carbonyl (C=O) groups excluding carboxylic acids is 1. The van der Waals surface area contributed by atoms with E-state index in [2.05, 4.69) is 10.2 Å². The molecule has 0 aliphatic carbocycles. The van der Waals surface area contributed by atoms with Crippen molar-refractivity contribution in [2.24, 2.45) is 5.18 Å². The van der Waals surface area contributed by atoms with Gasteiger partial charge in [0, 0.05) is 10.6 Å². The van der Waals surface area contributed by atoms with E-state index in [1.165, 1.54) is 6.07 Å². The standard InChI is InChI=1S/C17H17ClN2O3/c1-3-4-9-23-17(21)16-15(20-22)8-7-14(19-16)12-6-5-11(2)13(18)10-12/h5-8,10H,3-4,9H2,1-2H3. The molecule has 0 aliphatic rings. The number of nitrogens with zero attached hydrogens (tertiary/aromatic N) is 2. The molecule has 0 aliphatic heterocycles. The Balaban J connectivity index is 2.36. The zero-order valence-corrected chi connectivity index (χ0v) is 13.8. The fourth-order valence-electron chi connectivity index (χ4n) is 1.97. The van der Waals surface area contributed by atoms with Crippen LogP contribution in [-0.4, -0.2) is 17.6 Å². The smallest absolute Gasteiger partial charge is 0.359 e. The molecular weight excluding hydrogens is 316 g/mol. The molecule has 2 rings (SSSR count). The number of carbonyl (C=O) groups is 1. The first kappa shape index (κ1) is 17.1. The Morgan fingerprint density at radius 3 is 2.74 bits per heavy atom. The van der Waals surface area contributed by atoms with Crippen molar-refractivity contribution in [3.8, 4) is 11.3 Å². The molecule has 2 aromatic rings. The second-order valence-electron chi connectivity index (χ2n) is 5.11. The van der Waals surface area contributed by atoms with Crippen LogP contribution < -0.4 is 0 Å². The molecule has 0 saturated carbocycles. The summed E-state index contributed by atoms with van der Waals surface area (Å²) in [7, 11) is 0. The van der Waals surface area contributed by atoms with Crippen molar-refractivity contribution in [3.63, 3.8) is 0 Å². The summed E-state index contributed by atoms with van der Waals surface area (Å²) in [4.78, 5) is 27.2. The van der Waals surface area contributed by atoms with Crippen LogP contribution in [0.25, 0.3) is 11.3 Å². The van der Waals surface area contributed by atoms with Crippen LogP contribution in [0.15, 0.2) is 35.5 Å².